The number of nitrogens with zero attached hydrogens (tertiary/aromatic N) is 2. The highest BCUT2D eigenvalue weighted by molar-refractivity contribution is 5.70. The molecule has 0 fully saturated rings. The molecule has 0 bridgehead atoms. The largest absolute Gasteiger partial charge is 0.385 e. The third kappa shape index (κ3) is 5.99. The predicted molar refractivity (Wildman–Crippen MR) is 181 cm³/mol. The number of pyridine rings is 2. The molecule has 0 amide bonds. The van der Waals surface area contributed by atoms with Gasteiger partial charge in [-0.05, 0) is 87.6 Å². The molecular formula is C40H47N3+2. The van der Waals surface area contributed by atoms with E-state index in [9.17, 15) is 0 Å². The van der Waals surface area contributed by atoms with E-state index in [1.54, 1.807) is 0 Å². The van der Waals surface area contributed by atoms with Gasteiger partial charge in [0.15, 0.2) is 29.8 Å². The smallest absolute Gasteiger partial charge is 0.213 e. The minimum atomic E-state index is 0.146. The number of benzene rings is 2. The first-order chi connectivity index (χ1) is 20.7. The Balaban J connectivity index is 1.50. The summed E-state index contributed by atoms with van der Waals surface area (Å²) in [5, 5.41) is 3.77. The van der Waals surface area contributed by atoms with Gasteiger partial charge in [-0.15, -0.1) is 0 Å². The summed E-state index contributed by atoms with van der Waals surface area (Å²) in [7, 11) is 0. The second-order valence-corrected chi connectivity index (χ2v) is 12.1. The summed E-state index contributed by atoms with van der Waals surface area (Å²) < 4.78 is 4.87. The highest BCUT2D eigenvalue weighted by atomic mass is 15.1. The van der Waals surface area contributed by atoms with Crippen molar-refractivity contribution in [3.63, 3.8) is 0 Å². The van der Waals surface area contributed by atoms with Gasteiger partial charge in [-0.3, -0.25) is 0 Å². The molecule has 1 N–H and O–H groups in total. The summed E-state index contributed by atoms with van der Waals surface area (Å²) in [6.45, 7) is 22.9. The van der Waals surface area contributed by atoms with Crippen molar-refractivity contribution in [2.45, 2.75) is 72.8 Å². The quantitative estimate of drug-likeness (QED) is 0.115. The van der Waals surface area contributed by atoms with Crippen LogP contribution in [0.3, 0.4) is 0 Å². The van der Waals surface area contributed by atoms with Crippen molar-refractivity contribution in [3.05, 3.63) is 143 Å². The minimum absolute atomic E-state index is 0.146. The summed E-state index contributed by atoms with van der Waals surface area (Å²) in [5.41, 5.74) is 15.3. The van der Waals surface area contributed by atoms with Gasteiger partial charge in [-0.25, -0.2) is 0 Å². The lowest BCUT2D eigenvalue weighted by molar-refractivity contribution is -0.721. The number of nitrogens with one attached hydrogen (secondary N) is 1. The summed E-state index contributed by atoms with van der Waals surface area (Å²) in [5.74, 6) is 0.146. The van der Waals surface area contributed by atoms with E-state index >= 15 is 0 Å². The molecule has 0 spiro atoms. The molecule has 1 aliphatic heterocycles. The van der Waals surface area contributed by atoms with E-state index in [1.807, 2.05) is 6.08 Å². The highest BCUT2D eigenvalue weighted by Gasteiger charge is 2.44. The van der Waals surface area contributed by atoms with Crippen LogP contribution in [-0.4, -0.2) is 6.54 Å². The summed E-state index contributed by atoms with van der Waals surface area (Å²) in [6.07, 6.45) is 11.7. The van der Waals surface area contributed by atoms with Crippen molar-refractivity contribution in [3.8, 4) is 11.3 Å². The number of allylic oxidation sites excluding steroid dienone is 3. The Morgan fingerprint density at radius 3 is 2.37 bits per heavy atom. The van der Waals surface area contributed by atoms with Crippen LogP contribution in [0, 0.1) is 34.6 Å². The number of hydrogen-bond donors (Lipinski definition) is 1. The van der Waals surface area contributed by atoms with Crippen LogP contribution in [0.15, 0.2) is 98.4 Å². The third-order valence-corrected chi connectivity index (χ3v) is 9.11. The maximum Gasteiger partial charge on any atom is 0.213 e. The van der Waals surface area contributed by atoms with Gasteiger partial charge in [0.2, 0.25) is 5.69 Å². The van der Waals surface area contributed by atoms with Crippen molar-refractivity contribution in [2.75, 3.05) is 6.54 Å². The topological polar surface area (TPSA) is 19.8 Å². The van der Waals surface area contributed by atoms with E-state index in [0.29, 0.717) is 0 Å². The zero-order valence-electron chi connectivity index (χ0n) is 26.9. The molecule has 3 nitrogen and oxygen atoms in total. The van der Waals surface area contributed by atoms with E-state index < -0.39 is 0 Å². The number of aryl methyl sites for hydroxylation is 6. The number of fused-ring (bicyclic) bond motifs is 3. The molecule has 2 aromatic carbocycles. The molecule has 1 aliphatic rings. The van der Waals surface area contributed by atoms with Gasteiger partial charge in [-0.1, -0.05) is 56.0 Å². The first-order valence-electron chi connectivity index (χ1n) is 15.7. The first-order valence-corrected chi connectivity index (χ1v) is 15.7. The van der Waals surface area contributed by atoms with Crippen LogP contribution in [0.5, 0.6) is 0 Å². The SMILES string of the molecule is C=C/C=C(\NCCCC1C(C(=C)[n+]2cc(C)c(CC)cc2C)c2ccccc2-c2ccc(C)c[n+]21)c1c(C)cccc1C. The molecule has 43 heavy (non-hydrogen) atoms. The van der Waals surface area contributed by atoms with Gasteiger partial charge in [-0.2, -0.15) is 9.13 Å². The fourth-order valence-corrected chi connectivity index (χ4v) is 6.98. The van der Waals surface area contributed by atoms with Gasteiger partial charge < -0.3 is 5.32 Å². The van der Waals surface area contributed by atoms with E-state index in [1.165, 1.54) is 55.9 Å². The summed E-state index contributed by atoms with van der Waals surface area (Å²) in [4.78, 5) is 0. The van der Waals surface area contributed by atoms with Crippen molar-refractivity contribution < 1.29 is 9.13 Å². The zero-order valence-corrected chi connectivity index (χ0v) is 26.9. The molecule has 0 saturated heterocycles. The van der Waals surface area contributed by atoms with Crippen LogP contribution >= 0.6 is 0 Å². The molecule has 2 unspecified atom stereocenters. The maximum absolute atomic E-state index is 4.80. The first kappa shape index (κ1) is 30.2. The Kier molecular flexibility index (Phi) is 9.11. The van der Waals surface area contributed by atoms with Crippen LogP contribution in [-0.2, 0) is 6.42 Å². The van der Waals surface area contributed by atoms with Gasteiger partial charge >= 0.3 is 0 Å². The number of hydrogen-bond acceptors (Lipinski definition) is 1. The lowest BCUT2D eigenvalue weighted by Gasteiger charge is -2.30. The van der Waals surface area contributed by atoms with Gasteiger partial charge in [0.25, 0.3) is 0 Å². The fraction of sp³-hybridized carbons (Fsp3) is 0.300. The molecular weight excluding hydrogens is 522 g/mol. The Bertz CT molecular complexity index is 1690. The predicted octanol–water partition coefficient (Wildman–Crippen LogP) is 8.44. The summed E-state index contributed by atoms with van der Waals surface area (Å²) in [6, 6.07) is 22.5. The van der Waals surface area contributed by atoms with Crippen LogP contribution in [0.1, 0.15) is 76.4 Å². The van der Waals surface area contributed by atoms with Gasteiger partial charge in [0.1, 0.15) is 5.92 Å². The average Bonchev–Trinajstić information content (AvgIpc) is 2.99. The van der Waals surface area contributed by atoms with Crippen molar-refractivity contribution >= 4 is 11.4 Å². The summed E-state index contributed by atoms with van der Waals surface area (Å²) >= 11 is 0. The minimum Gasteiger partial charge on any atom is -0.385 e. The van der Waals surface area contributed by atoms with Crippen LogP contribution in [0.2, 0.25) is 0 Å². The molecule has 4 aromatic rings. The standard InChI is InChI=1S/C40H47N3/c1-9-15-36(39-28(4)16-13-17-29(39)5)41-23-14-20-38-40(32(8)42-26-30(6)33(10-2)24-31(42)7)35-19-12-11-18-34(35)37-22-21-27(3)25-43(37)38/h9,11-13,15-19,21-22,24-26,38,40-41H,1,8,10,14,20,23H2,2-7H3/q+2/b36-15-. The molecule has 0 saturated carbocycles. The van der Waals surface area contributed by atoms with E-state index in [0.717, 1.165) is 37.2 Å². The van der Waals surface area contributed by atoms with Crippen molar-refractivity contribution in [1.82, 2.24) is 5.32 Å². The molecule has 2 atom stereocenters. The zero-order chi connectivity index (χ0) is 30.7. The molecule has 0 aliphatic carbocycles. The Labute approximate surface area is 259 Å². The second-order valence-electron chi connectivity index (χ2n) is 12.1. The maximum atomic E-state index is 4.80. The highest BCUT2D eigenvalue weighted by Crippen LogP contribution is 2.43. The monoisotopic (exact) mass is 569 g/mol. The lowest BCUT2D eigenvalue weighted by Crippen LogP contribution is -2.51. The second kappa shape index (κ2) is 13.0. The Hall–Kier alpha value is -4.24. The Morgan fingerprint density at radius 1 is 0.907 bits per heavy atom. The molecule has 0 radical (unpaired) electrons. The van der Waals surface area contributed by atoms with Crippen molar-refractivity contribution in [2.24, 2.45) is 0 Å². The molecule has 2 aromatic heterocycles. The van der Waals surface area contributed by atoms with Crippen molar-refractivity contribution in [1.29, 1.82) is 0 Å². The average molecular weight is 570 g/mol. The Morgan fingerprint density at radius 2 is 1.65 bits per heavy atom. The van der Waals surface area contributed by atoms with Crippen LogP contribution < -0.4 is 14.5 Å². The molecule has 3 heterocycles. The van der Waals surface area contributed by atoms with Gasteiger partial charge in [0, 0.05) is 54.4 Å². The fourth-order valence-electron chi connectivity index (χ4n) is 6.98. The van der Waals surface area contributed by atoms with E-state index in [-0.39, 0.29) is 12.0 Å². The van der Waals surface area contributed by atoms with E-state index in [4.69, 9.17) is 6.58 Å². The van der Waals surface area contributed by atoms with Crippen LogP contribution in [0.4, 0.5) is 0 Å². The third-order valence-electron chi connectivity index (χ3n) is 9.11. The van der Waals surface area contributed by atoms with E-state index in [2.05, 4.69) is 142 Å². The molecule has 5 rings (SSSR count). The lowest BCUT2D eigenvalue weighted by atomic mass is 9.79. The van der Waals surface area contributed by atoms with Crippen LogP contribution in [0.25, 0.3) is 22.7 Å². The number of aromatic nitrogens is 2. The normalized spacial score (nSPS) is 15.9. The molecule has 3 heteroatoms. The van der Waals surface area contributed by atoms with Gasteiger partial charge in [0.05, 0.1) is 5.56 Å². The molecule has 220 valence electrons. The number of rotatable bonds is 10.